The Bertz CT molecular complexity index is 170. The Morgan fingerprint density at radius 2 is 1.56 bits per heavy atom. The Kier molecular flexibility index (Phi) is 7.25. The van der Waals surface area contributed by atoms with Crippen molar-refractivity contribution < 1.29 is 10.2 Å². The van der Waals surface area contributed by atoms with Crippen molar-refractivity contribution in [2.45, 2.75) is 65.9 Å². The molecule has 0 aromatic rings. The molecule has 0 fully saturated rings. The quantitative estimate of drug-likeness (QED) is 0.672. The molecule has 2 nitrogen and oxygen atoms in total. The first kappa shape index (κ1) is 15.9. The maximum atomic E-state index is 10.5. The lowest BCUT2D eigenvalue weighted by atomic mass is 9.75. The topological polar surface area (TPSA) is 40.5 Å². The number of rotatable bonds is 8. The fourth-order valence-corrected chi connectivity index (χ4v) is 2.86. The van der Waals surface area contributed by atoms with E-state index in [1.807, 2.05) is 6.92 Å². The van der Waals surface area contributed by atoms with Gasteiger partial charge in [0.25, 0.3) is 0 Å². The van der Waals surface area contributed by atoms with Crippen molar-refractivity contribution in [3.05, 3.63) is 0 Å². The van der Waals surface area contributed by atoms with Gasteiger partial charge in [-0.05, 0) is 31.1 Å². The lowest BCUT2D eigenvalue weighted by Crippen LogP contribution is -2.37. The summed E-state index contributed by atoms with van der Waals surface area (Å²) < 4.78 is 0. The van der Waals surface area contributed by atoms with Crippen molar-refractivity contribution in [1.82, 2.24) is 0 Å². The highest BCUT2D eigenvalue weighted by Crippen LogP contribution is 2.33. The molecule has 0 radical (unpaired) electrons. The van der Waals surface area contributed by atoms with Gasteiger partial charge in [0.1, 0.15) is 0 Å². The third kappa shape index (κ3) is 4.42. The maximum Gasteiger partial charge on any atom is 0.0650 e. The van der Waals surface area contributed by atoms with Gasteiger partial charge in [-0.25, -0.2) is 0 Å². The summed E-state index contributed by atoms with van der Waals surface area (Å²) in [7, 11) is 0. The molecule has 3 unspecified atom stereocenters. The molecule has 0 aliphatic rings. The first-order valence-corrected chi connectivity index (χ1v) is 6.76. The second-order valence-corrected chi connectivity index (χ2v) is 5.40. The van der Waals surface area contributed by atoms with Gasteiger partial charge < -0.3 is 10.2 Å². The van der Waals surface area contributed by atoms with E-state index in [1.165, 1.54) is 0 Å². The minimum Gasteiger partial charge on any atom is -0.396 e. The summed E-state index contributed by atoms with van der Waals surface area (Å²) >= 11 is 0. The Morgan fingerprint density at radius 3 is 1.88 bits per heavy atom. The van der Waals surface area contributed by atoms with Crippen LogP contribution in [0.25, 0.3) is 0 Å². The van der Waals surface area contributed by atoms with Gasteiger partial charge in [-0.1, -0.05) is 47.0 Å². The summed E-state index contributed by atoms with van der Waals surface area (Å²) in [5.74, 6) is 1.07. The zero-order chi connectivity index (χ0) is 12.8. The molecule has 0 aromatic heterocycles. The van der Waals surface area contributed by atoms with E-state index in [1.54, 1.807) is 0 Å². The predicted molar refractivity (Wildman–Crippen MR) is 69.3 cm³/mol. The predicted octanol–water partition coefficient (Wildman–Crippen LogP) is 3.22. The van der Waals surface area contributed by atoms with E-state index >= 15 is 0 Å². The van der Waals surface area contributed by atoms with Gasteiger partial charge in [-0.3, -0.25) is 0 Å². The highest BCUT2D eigenvalue weighted by Gasteiger charge is 2.32. The normalized spacial score (nSPS) is 19.5. The van der Waals surface area contributed by atoms with Gasteiger partial charge in [0.15, 0.2) is 0 Å². The highest BCUT2D eigenvalue weighted by molar-refractivity contribution is 4.84. The second-order valence-electron chi connectivity index (χ2n) is 5.40. The minimum atomic E-state index is -0.592. The fraction of sp³-hybridized carbons (Fsp3) is 1.00. The molecular formula is C14H30O2. The van der Waals surface area contributed by atoms with Crippen LogP contribution in [0.5, 0.6) is 0 Å². The fourth-order valence-electron chi connectivity index (χ4n) is 2.86. The van der Waals surface area contributed by atoms with Crippen LogP contribution in [0.4, 0.5) is 0 Å². The minimum absolute atomic E-state index is 0.233. The van der Waals surface area contributed by atoms with Crippen LogP contribution >= 0.6 is 0 Å². The molecule has 0 saturated carbocycles. The summed E-state index contributed by atoms with van der Waals surface area (Å²) in [6.07, 6.45) is 3.81. The Hall–Kier alpha value is -0.0800. The average molecular weight is 230 g/mol. The van der Waals surface area contributed by atoms with E-state index in [-0.39, 0.29) is 6.61 Å². The summed E-state index contributed by atoms with van der Waals surface area (Å²) in [6, 6.07) is 0. The molecule has 0 bridgehead atoms. The first-order chi connectivity index (χ1) is 7.42. The van der Waals surface area contributed by atoms with Crippen molar-refractivity contribution in [2.75, 3.05) is 6.61 Å². The van der Waals surface area contributed by atoms with Crippen LogP contribution in [0, 0.1) is 17.8 Å². The van der Waals surface area contributed by atoms with Gasteiger partial charge in [0.2, 0.25) is 0 Å². The van der Waals surface area contributed by atoms with Crippen LogP contribution in [0.2, 0.25) is 0 Å². The van der Waals surface area contributed by atoms with Crippen molar-refractivity contribution in [2.24, 2.45) is 17.8 Å². The Balaban J connectivity index is 4.43. The molecule has 0 aliphatic carbocycles. The maximum absolute atomic E-state index is 10.5. The summed E-state index contributed by atoms with van der Waals surface area (Å²) in [4.78, 5) is 0. The Labute approximate surface area is 101 Å². The molecule has 0 saturated heterocycles. The summed E-state index contributed by atoms with van der Waals surface area (Å²) in [5.41, 5.74) is -0.592. The largest absolute Gasteiger partial charge is 0.396 e. The van der Waals surface area contributed by atoms with E-state index in [4.69, 9.17) is 0 Å². The lowest BCUT2D eigenvalue weighted by molar-refractivity contribution is -0.0335. The summed E-state index contributed by atoms with van der Waals surface area (Å²) in [5, 5.41) is 19.8. The molecule has 98 valence electrons. The number of hydrogen-bond acceptors (Lipinski definition) is 2. The van der Waals surface area contributed by atoms with Crippen LogP contribution in [0.15, 0.2) is 0 Å². The monoisotopic (exact) mass is 230 g/mol. The number of aliphatic hydroxyl groups is 2. The third-order valence-corrected chi connectivity index (χ3v) is 4.16. The van der Waals surface area contributed by atoms with E-state index < -0.39 is 5.60 Å². The van der Waals surface area contributed by atoms with Gasteiger partial charge in [-0.2, -0.15) is 0 Å². The van der Waals surface area contributed by atoms with Crippen molar-refractivity contribution in [1.29, 1.82) is 0 Å². The van der Waals surface area contributed by atoms with Crippen molar-refractivity contribution >= 4 is 0 Å². The first-order valence-electron chi connectivity index (χ1n) is 6.76. The smallest absolute Gasteiger partial charge is 0.0650 e. The SMILES string of the molecule is CCC(CO)C(C)CC(C)(O)C(CC)CC. The van der Waals surface area contributed by atoms with Crippen LogP contribution < -0.4 is 0 Å². The van der Waals surface area contributed by atoms with Crippen LogP contribution in [0.3, 0.4) is 0 Å². The molecule has 0 spiro atoms. The molecule has 2 N–H and O–H groups in total. The molecule has 3 atom stereocenters. The van der Waals surface area contributed by atoms with Crippen LogP contribution in [-0.4, -0.2) is 22.4 Å². The van der Waals surface area contributed by atoms with Crippen molar-refractivity contribution in [3.63, 3.8) is 0 Å². The van der Waals surface area contributed by atoms with Gasteiger partial charge in [0.05, 0.1) is 5.60 Å². The number of hydrogen-bond donors (Lipinski definition) is 2. The number of aliphatic hydroxyl groups excluding tert-OH is 1. The third-order valence-electron chi connectivity index (χ3n) is 4.16. The molecule has 0 rings (SSSR count). The molecule has 0 amide bonds. The molecule has 0 aromatic carbocycles. The van der Waals surface area contributed by atoms with E-state index in [2.05, 4.69) is 27.7 Å². The van der Waals surface area contributed by atoms with E-state index in [0.717, 1.165) is 25.7 Å². The van der Waals surface area contributed by atoms with Crippen LogP contribution in [-0.2, 0) is 0 Å². The highest BCUT2D eigenvalue weighted by atomic mass is 16.3. The molecule has 2 heteroatoms. The van der Waals surface area contributed by atoms with Gasteiger partial charge >= 0.3 is 0 Å². The van der Waals surface area contributed by atoms with E-state index in [0.29, 0.717) is 17.8 Å². The lowest BCUT2D eigenvalue weighted by Gasteiger charge is -2.36. The second kappa shape index (κ2) is 7.29. The van der Waals surface area contributed by atoms with Gasteiger partial charge in [-0.15, -0.1) is 0 Å². The Morgan fingerprint density at radius 1 is 1.06 bits per heavy atom. The molecule has 0 heterocycles. The summed E-state index contributed by atoms with van der Waals surface area (Å²) in [6.45, 7) is 10.7. The standard InChI is InChI=1S/C14H30O2/c1-6-12(10-15)11(4)9-14(5,16)13(7-2)8-3/h11-13,15-16H,6-10H2,1-5H3. The molecule has 16 heavy (non-hydrogen) atoms. The van der Waals surface area contributed by atoms with Crippen LogP contribution in [0.1, 0.15) is 60.3 Å². The van der Waals surface area contributed by atoms with Crippen molar-refractivity contribution in [3.8, 4) is 0 Å². The molecular weight excluding hydrogens is 200 g/mol. The van der Waals surface area contributed by atoms with Gasteiger partial charge in [0, 0.05) is 6.61 Å². The zero-order valence-electron chi connectivity index (χ0n) is 11.7. The molecule has 0 aliphatic heterocycles. The van der Waals surface area contributed by atoms with E-state index in [9.17, 15) is 10.2 Å². The average Bonchev–Trinajstić information content (AvgIpc) is 2.19. The zero-order valence-corrected chi connectivity index (χ0v) is 11.7.